The zero-order valence-corrected chi connectivity index (χ0v) is 14.1. The summed E-state index contributed by atoms with van der Waals surface area (Å²) in [6.07, 6.45) is 0. The van der Waals surface area contributed by atoms with Crippen molar-refractivity contribution in [1.29, 1.82) is 0 Å². The van der Waals surface area contributed by atoms with Crippen LogP contribution in [-0.2, 0) is 6.54 Å². The number of rotatable bonds is 2. The van der Waals surface area contributed by atoms with Crippen LogP contribution in [0.4, 0.5) is 4.79 Å². The summed E-state index contributed by atoms with van der Waals surface area (Å²) in [7, 11) is 0. The molecule has 2 aliphatic heterocycles. The maximum absolute atomic E-state index is 12.3. The topological polar surface area (TPSA) is 54.0 Å². The second-order valence-electron chi connectivity index (χ2n) is 6.99. The van der Waals surface area contributed by atoms with Crippen molar-refractivity contribution in [2.24, 2.45) is 0 Å². The Kier molecular flexibility index (Phi) is 4.35. The summed E-state index contributed by atoms with van der Waals surface area (Å²) >= 11 is 0. The van der Waals surface area contributed by atoms with Crippen molar-refractivity contribution in [2.75, 3.05) is 33.0 Å². The van der Waals surface area contributed by atoms with Crippen LogP contribution in [0.1, 0.15) is 26.3 Å². The minimum atomic E-state index is -0.00349. The number of hydrogen-bond acceptors (Lipinski definition) is 4. The van der Waals surface area contributed by atoms with E-state index in [0.717, 1.165) is 43.2 Å². The van der Waals surface area contributed by atoms with Crippen LogP contribution in [0.15, 0.2) is 18.2 Å². The van der Waals surface area contributed by atoms with Crippen LogP contribution < -0.4 is 14.8 Å². The molecule has 0 bridgehead atoms. The Morgan fingerprint density at radius 2 is 1.83 bits per heavy atom. The van der Waals surface area contributed by atoms with Gasteiger partial charge in [0.15, 0.2) is 11.5 Å². The number of fused-ring (bicyclic) bond motifs is 1. The number of benzene rings is 1. The maximum atomic E-state index is 12.3. The molecule has 2 aliphatic rings. The summed E-state index contributed by atoms with van der Waals surface area (Å²) in [5.41, 5.74) is 1.17. The molecule has 126 valence electrons. The Morgan fingerprint density at radius 1 is 1.13 bits per heavy atom. The second kappa shape index (κ2) is 6.28. The number of ether oxygens (including phenoxy) is 2. The average Bonchev–Trinajstić information content (AvgIpc) is 2.99. The molecule has 0 spiro atoms. The van der Waals surface area contributed by atoms with Gasteiger partial charge in [-0.1, -0.05) is 6.07 Å². The zero-order valence-electron chi connectivity index (χ0n) is 14.1. The van der Waals surface area contributed by atoms with Crippen molar-refractivity contribution in [3.63, 3.8) is 0 Å². The fourth-order valence-electron chi connectivity index (χ4n) is 2.92. The minimum Gasteiger partial charge on any atom is -0.454 e. The molecule has 0 aromatic heterocycles. The van der Waals surface area contributed by atoms with Crippen LogP contribution in [0.2, 0.25) is 0 Å². The lowest BCUT2D eigenvalue weighted by Crippen LogP contribution is -2.56. The number of nitrogens with zero attached hydrogens (tertiary/aromatic N) is 2. The third kappa shape index (κ3) is 3.69. The van der Waals surface area contributed by atoms with Crippen LogP contribution >= 0.6 is 0 Å². The van der Waals surface area contributed by atoms with Crippen molar-refractivity contribution >= 4 is 6.03 Å². The predicted octanol–water partition coefficient (Wildman–Crippen LogP) is 2.04. The molecule has 6 heteroatoms. The molecular weight excluding hydrogens is 294 g/mol. The number of piperazine rings is 1. The summed E-state index contributed by atoms with van der Waals surface area (Å²) in [6, 6.07) is 5.74. The van der Waals surface area contributed by atoms with Crippen LogP contribution in [0.3, 0.4) is 0 Å². The van der Waals surface area contributed by atoms with Gasteiger partial charge >= 0.3 is 6.03 Å². The van der Waals surface area contributed by atoms with Gasteiger partial charge in [0.25, 0.3) is 0 Å². The minimum absolute atomic E-state index is 0.00349. The first-order valence-electron chi connectivity index (χ1n) is 8.10. The summed E-state index contributed by atoms with van der Waals surface area (Å²) < 4.78 is 10.6. The highest BCUT2D eigenvalue weighted by Crippen LogP contribution is 2.32. The first-order valence-corrected chi connectivity index (χ1v) is 8.10. The van der Waals surface area contributed by atoms with Crippen molar-refractivity contribution in [3.05, 3.63) is 23.8 Å². The van der Waals surface area contributed by atoms with E-state index in [0.29, 0.717) is 6.54 Å². The largest absolute Gasteiger partial charge is 0.454 e. The van der Waals surface area contributed by atoms with Gasteiger partial charge in [0, 0.05) is 38.3 Å². The summed E-state index contributed by atoms with van der Waals surface area (Å²) in [4.78, 5) is 16.6. The lowest BCUT2D eigenvalue weighted by molar-refractivity contribution is 0.0742. The zero-order chi connectivity index (χ0) is 16.4. The lowest BCUT2D eigenvalue weighted by Gasteiger charge is -2.42. The van der Waals surface area contributed by atoms with E-state index in [1.165, 1.54) is 0 Å². The van der Waals surface area contributed by atoms with Crippen LogP contribution in [0.25, 0.3) is 0 Å². The Labute approximate surface area is 137 Å². The summed E-state index contributed by atoms with van der Waals surface area (Å²) in [6.45, 7) is 10.8. The number of hydrogen-bond donors (Lipinski definition) is 1. The Hall–Kier alpha value is -1.95. The second-order valence-corrected chi connectivity index (χ2v) is 6.99. The summed E-state index contributed by atoms with van der Waals surface area (Å²) in [5.74, 6) is 1.51. The van der Waals surface area contributed by atoms with Crippen LogP contribution in [0, 0.1) is 0 Å². The molecule has 0 saturated carbocycles. The van der Waals surface area contributed by atoms with E-state index in [4.69, 9.17) is 9.47 Å². The highest BCUT2D eigenvalue weighted by Gasteiger charge is 2.27. The van der Waals surface area contributed by atoms with E-state index >= 15 is 0 Å². The van der Waals surface area contributed by atoms with Crippen molar-refractivity contribution in [1.82, 2.24) is 15.1 Å². The van der Waals surface area contributed by atoms with Crippen molar-refractivity contribution in [3.8, 4) is 11.5 Å². The van der Waals surface area contributed by atoms with E-state index in [9.17, 15) is 4.79 Å². The number of carbonyl (C=O) groups excluding carboxylic acids is 1. The number of amides is 2. The number of nitrogens with one attached hydrogen (secondary N) is 1. The molecule has 1 N–H and O–H groups in total. The quantitative estimate of drug-likeness (QED) is 0.906. The van der Waals surface area contributed by atoms with Gasteiger partial charge in [-0.3, -0.25) is 4.90 Å². The molecule has 3 rings (SSSR count). The van der Waals surface area contributed by atoms with E-state index in [1.807, 2.05) is 23.1 Å². The molecule has 6 nitrogen and oxygen atoms in total. The molecule has 0 radical (unpaired) electrons. The fourth-order valence-corrected chi connectivity index (χ4v) is 2.92. The van der Waals surface area contributed by atoms with Gasteiger partial charge in [-0.15, -0.1) is 0 Å². The third-order valence-electron chi connectivity index (χ3n) is 4.40. The molecule has 1 aromatic rings. The summed E-state index contributed by atoms with van der Waals surface area (Å²) in [5, 5.41) is 2.99. The lowest BCUT2D eigenvalue weighted by atomic mass is 10.1. The SMILES string of the molecule is CC(C)(C)N1CCN(C(=O)NCc2ccc3c(c2)OCO3)CC1. The van der Waals surface area contributed by atoms with Gasteiger partial charge in [-0.05, 0) is 38.5 Å². The molecule has 0 unspecified atom stereocenters. The van der Waals surface area contributed by atoms with Crippen LogP contribution in [0.5, 0.6) is 11.5 Å². The normalized spacial score (nSPS) is 18.1. The monoisotopic (exact) mass is 319 g/mol. The fraction of sp³-hybridized carbons (Fsp3) is 0.588. The van der Waals surface area contributed by atoms with Gasteiger partial charge in [0.05, 0.1) is 0 Å². The molecule has 2 heterocycles. The Balaban J connectivity index is 1.49. The highest BCUT2D eigenvalue weighted by molar-refractivity contribution is 5.74. The van der Waals surface area contributed by atoms with Gasteiger partial charge in [-0.25, -0.2) is 4.79 Å². The molecule has 1 aromatic carbocycles. The molecule has 2 amide bonds. The number of carbonyl (C=O) groups is 1. The smallest absolute Gasteiger partial charge is 0.317 e. The Bertz CT molecular complexity index is 575. The average molecular weight is 319 g/mol. The van der Waals surface area contributed by atoms with E-state index in [-0.39, 0.29) is 18.4 Å². The van der Waals surface area contributed by atoms with E-state index in [1.54, 1.807) is 0 Å². The first-order chi connectivity index (χ1) is 10.9. The molecule has 23 heavy (non-hydrogen) atoms. The molecule has 0 aliphatic carbocycles. The molecular formula is C17H25N3O3. The Morgan fingerprint density at radius 3 is 2.52 bits per heavy atom. The van der Waals surface area contributed by atoms with Gasteiger partial charge in [0.2, 0.25) is 6.79 Å². The number of urea groups is 1. The molecule has 1 saturated heterocycles. The molecule has 0 atom stereocenters. The van der Waals surface area contributed by atoms with Gasteiger partial charge in [-0.2, -0.15) is 0 Å². The van der Waals surface area contributed by atoms with Gasteiger partial charge in [0.1, 0.15) is 0 Å². The molecule has 1 fully saturated rings. The highest BCUT2D eigenvalue weighted by atomic mass is 16.7. The standard InChI is InChI=1S/C17H25N3O3/c1-17(2,3)20-8-6-19(7-9-20)16(21)18-11-13-4-5-14-15(10-13)23-12-22-14/h4-5,10H,6-9,11-12H2,1-3H3,(H,18,21). The maximum Gasteiger partial charge on any atom is 0.317 e. The first kappa shape index (κ1) is 15.9. The van der Waals surface area contributed by atoms with E-state index < -0.39 is 0 Å². The van der Waals surface area contributed by atoms with Crippen LogP contribution in [-0.4, -0.2) is 54.3 Å². The van der Waals surface area contributed by atoms with Gasteiger partial charge < -0.3 is 19.7 Å². The predicted molar refractivity (Wildman–Crippen MR) is 87.7 cm³/mol. The van der Waals surface area contributed by atoms with Crippen molar-refractivity contribution < 1.29 is 14.3 Å². The van der Waals surface area contributed by atoms with E-state index in [2.05, 4.69) is 31.0 Å². The van der Waals surface area contributed by atoms with Crippen molar-refractivity contribution in [2.45, 2.75) is 32.9 Å². The third-order valence-corrected chi connectivity index (χ3v) is 4.40.